The van der Waals surface area contributed by atoms with Gasteiger partial charge in [0.05, 0.1) is 5.56 Å². The van der Waals surface area contributed by atoms with Gasteiger partial charge in [0.15, 0.2) is 5.11 Å². The summed E-state index contributed by atoms with van der Waals surface area (Å²) in [4.78, 5) is 0. The summed E-state index contributed by atoms with van der Waals surface area (Å²) in [5.74, 6) is 3.90. The van der Waals surface area contributed by atoms with E-state index in [9.17, 15) is 17.6 Å². The quantitative estimate of drug-likeness (QED) is 0.310. The van der Waals surface area contributed by atoms with Gasteiger partial charge in [-0.2, -0.15) is 13.2 Å². The first-order valence-corrected chi connectivity index (χ1v) is 4.39. The second kappa shape index (κ2) is 4.62. The summed E-state index contributed by atoms with van der Waals surface area (Å²) in [6, 6.07) is 2.00. The van der Waals surface area contributed by atoms with Crippen molar-refractivity contribution in [2.45, 2.75) is 6.18 Å². The maximum Gasteiger partial charge on any atom is 0.416 e. The van der Waals surface area contributed by atoms with E-state index in [1.165, 1.54) is 0 Å². The zero-order chi connectivity index (χ0) is 12.3. The fourth-order valence-electron chi connectivity index (χ4n) is 0.993. The molecule has 16 heavy (non-hydrogen) atoms. The topological polar surface area (TPSA) is 50.1 Å². The number of anilines is 1. The standard InChI is InChI=1S/C8H7F4N3S/c9-5-1-4(8(10,11)12)2-6(3-5)14-7(16)15-13/h1-3H,13H2,(H2,14,15,16). The Hall–Kier alpha value is -1.41. The van der Waals surface area contributed by atoms with Gasteiger partial charge in [-0.3, -0.25) is 0 Å². The smallest absolute Gasteiger partial charge is 0.332 e. The van der Waals surface area contributed by atoms with Crippen LogP contribution in [0.4, 0.5) is 23.2 Å². The molecule has 0 atom stereocenters. The Balaban J connectivity index is 3.04. The lowest BCUT2D eigenvalue weighted by molar-refractivity contribution is -0.137. The molecule has 1 rings (SSSR count). The number of nitrogens with two attached hydrogens (primary N) is 1. The van der Waals surface area contributed by atoms with Gasteiger partial charge in [0.1, 0.15) is 5.82 Å². The summed E-state index contributed by atoms with van der Waals surface area (Å²) in [6.07, 6.45) is -4.61. The van der Waals surface area contributed by atoms with E-state index in [0.717, 1.165) is 12.1 Å². The highest BCUT2D eigenvalue weighted by Gasteiger charge is 2.31. The highest BCUT2D eigenvalue weighted by molar-refractivity contribution is 7.80. The van der Waals surface area contributed by atoms with Gasteiger partial charge in [-0.25, -0.2) is 10.2 Å². The third kappa shape index (κ3) is 3.31. The molecule has 3 nitrogen and oxygen atoms in total. The minimum atomic E-state index is -4.61. The van der Waals surface area contributed by atoms with E-state index in [4.69, 9.17) is 5.84 Å². The number of hydrogen-bond donors (Lipinski definition) is 3. The zero-order valence-corrected chi connectivity index (χ0v) is 8.55. The van der Waals surface area contributed by atoms with Crippen LogP contribution in [0.25, 0.3) is 0 Å². The van der Waals surface area contributed by atoms with Crippen LogP contribution in [-0.2, 0) is 6.18 Å². The van der Waals surface area contributed by atoms with Crippen LogP contribution in [0.15, 0.2) is 18.2 Å². The van der Waals surface area contributed by atoms with Crippen molar-refractivity contribution in [2.24, 2.45) is 5.84 Å². The van der Waals surface area contributed by atoms with Crippen LogP contribution in [0.3, 0.4) is 0 Å². The average molecular weight is 253 g/mol. The monoisotopic (exact) mass is 253 g/mol. The lowest BCUT2D eigenvalue weighted by Gasteiger charge is -2.11. The number of nitrogens with one attached hydrogen (secondary N) is 2. The Morgan fingerprint density at radius 1 is 1.25 bits per heavy atom. The number of thiocarbonyl (C=S) groups is 1. The first-order valence-electron chi connectivity index (χ1n) is 3.98. The average Bonchev–Trinajstić information content (AvgIpc) is 2.15. The molecule has 0 saturated heterocycles. The van der Waals surface area contributed by atoms with Gasteiger partial charge in [-0.1, -0.05) is 0 Å². The first kappa shape index (κ1) is 12.7. The Bertz CT molecular complexity index is 405. The molecule has 0 aliphatic rings. The molecular weight excluding hydrogens is 246 g/mol. The van der Waals surface area contributed by atoms with Crippen molar-refractivity contribution in [2.75, 3.05) is 5.32 Å². The van der Waals surface area contributed by atoms with Gasteiger partial charge in [0.2, 0.25) is 0 Å². The molecule has 88 valence electrons. The number of alkyl halides is 3. The molecule has 8 heteroatoms. The molecule has 0 saturated carbocycles. The Morgan fingerprint density at radius 3 is 2.38 bits per heavy atom. The normalized spacial score (nSPS) is 11.1. The molecule has 0 aromatic heterocycles. The van der Waals surface area contributed by atoms with Gasteiger partial charge < -0.3 is 10.7 Å². The molecule has 1 aromatic rings. The Morgan fingerprint density at radius 2 is 1.88 bits per heavy atom. The molecule has 0 fully saturated rings. The summed E-state index contributed by atoms with van der Waals surface area (Å²) in [5.41, 5.74) is 0.776. The number of rotatable bonds is 1. The molecule has 0 unspecified atom stereocenters. The SMILES string of the molecule is NNC(=S)Nc1cc(F)cc(C(F)(F)F)c1. The highest BCUT2D eigenvalue weighted by Crippen LogP contribution is 2.31. The predicted octanol–water partition coefficient (Wildman–Crippen LogP) is 2.00. The first-order chi connectivity index (χ1) is 7.32. The Labute approximate surface area is 93.6 Å². The molecule has 4 N–H and O–H groups in total. The van der Waals surface area contributed by atoms with Gasteiger partial charge >= 0.3 is 6.18 Å². The molecule has 0 aliphatic carbocycles. The van der Waals surface area contributed by atoms with Crippen molar-refractivity contribution in [1.29, 1.82) is 0 Å². The fourth-order valence-corrected chi connectivity index (χ4v) is 1.11. The Kier molecular flexibility index (Phi) is 3.66. The number of hydrazine groups is 1. The van der Waals surface area contributed by atoms with Gasteiger partial charge in [0, 0.05) is 5.69 Å². The number of halogens is 4. The van der Waals surface area contributed by atoms with E-state index in [0.29, 0.717) is 6.07 Å². The van der Waals surface area contributed by atoms with Crippen molar-refractivity contribution in [3.8, 4) is 0 Å². The molecule has 0 spiro atoms. The van der Waals surface area contributed by atoms with Crippen LogP contribution in [0, 0.1) is 5.82 Å². The van der Waals surface area contributed by atoms with E-state index in [1.54, 1.807) is 0 Å². The second-order valence-electron chi connectivity index (χ2n) is 2.82. The maximum atomic E-state index is 12.9. The molecule has 0 aliphatic heterocycles. The predicted molar refractivity (Wildman–Crippen MR) is 54.9 cm³/mol. The van der Waals surface area contributed by atoms with E-state index in [2.05, 4.69) is 17.5 Å². The van der Waals surface area contributed by atoms with E-state index in [1.807, 2.05) is 5.43 Å². The third-order valence-corrected chi connectivity index (χ3v) is 1.83. The summed E-state index contributed by atoms with van der Waals surface area (Å²) in [5, 5.41) is 2.19. The van der Waals surface area contributed by atoms with Crippen molar-refractivity contribution in [3.05, 3.63) is 29.6 Å². The van der Waals surface area contributed by atoms with E-state index in [-0.39, 0.29) is 10.8 Å². The van der Waals surface area contributed by atoms with Gasteiger partial charge in [-0.15, -0.1) is 0 Å². The molecule has 0 radical (unpaired) electrons. The van der Waals surface area contributed by atoms with Crippen molar-refractivity contribution < 1.29 is 17.6 Å². The lowest BCUT2D eigenvalue weighted by Crippen LogP contribution is -2.34. The number of hydrogen-bond acceptors (Lipinski definition) is 2. The third-order valence-electron chi connectivity index (χ3n) is 1.61. The highest BCUT2D eigenvalue weighted by atomic mass is 32.1. The van der Waals surface area contributed by atoms with Gasteiger partial charge in [-0.05, 0) is 30.4 Å². The molecule has 0 amide bonds. The minimum Gasteiger partial charge on any atom is -0.332 e. The summed E-state index contributed by atoms with van der Waals surface area (Å²) >= 11 is 4.57. The molecule has 1 aromatic carbocycles. The second-order valence-corrected chi connectivity index (χ2v) is 3.23. The van der Waals surface area contributed by atoms with E-state index >= 15 is 0 Å². The minimum absolute atomic E-state index is 0.112. The van der Waals surface area contributed by atoms with Crippen molar-refractivity contribution in [1.82, 2.24) is 5.43 Å². The largest absolute Gasteiger partial charge is 0.416 e. The zero-order valence-electron chi connectivity index (χ0n) is 7.73. The van der Waals surface area contributed by atoms with Crippen LogP contribution in [-0.4, -0.2) is 5.11 Å². The van der Waals surface area contributed by atoms with Crippen molar-refractivity contribution in [3.63, 3.8) is 0 Å². The lowest BCUT2D eigenvalue weighted by atomic mass is 10.2. The van der Waals surface area contributed by atoms with Crippen LogP contribution in [0.2, 0.25) is 0 Å². The fraction of sp³-hybridized carbons (Fsp3) is 0.125. The summed E-state index contributed by atoms with van der Waals surface area (Å²) in [7, 11) is 0. The maximum absolute atomic E-state index is 12.9. The van der Waals surface area contributed by atoms with Gasteiger partial charge in [0.25, 0.3) is 0 Å². The van der Waals surface area contributed by atoms with E-state index < -0.39 is 17.6 Å². The number of benzene rings is 1. The van der Waals surface area contributed by atoms with Crippen LogP contribution in [0.1, 0.15) is 5.56 Å². The van der Waals surface area contributed by atoms with Crippen LogP contribution in [0.5, 0.6) is 0 Å². The van der Waals surface area contributed by atoms with Crippen LogP contribution < -0.4 is 16.6 Å². The van der Waals surface area contributed by atoms with Crippen molar-refractivity contribution >= 4 is 23.0 Å². The summed E-state index contributed by atoms with van der Waals surface area (Å²) < 4.78 is 49.8. The molecule has 0 heterocycles. The summed E-state index contributed by atoms with van der Waals surface area (Å²) in [6.45, 7) is 0. The molecular formula is C8H7F4N3S. The van der Waals surface area contributed by atoms with Crippen LogP contribution >= 0.6 is 12.2 Å². The molecule has 0 bridgehead atoms.